The van der Waals surface area contributed by atoms with Crippen molar-refractivity contribution >= 4 is 17.4 Å². The van der Waals surface area contributed by atoms with Gasteiger partial charge in [-0.3, -0.25) is 0 Å². The van der Waals surface area contributed by atoms with Crippen LogP contribution in [0.1, 0.15) is 12.8 Å². The van der Waals surface area contributed by atoms with Gasteiger partial charge in [0.1, 0.15) is 0 Å². The van der Waals surface area contributed by atoms with Gasteiger partial charge in [0.25, 0.3) is 5.89 Å². The van der Waals surface area contributed by atoms with Crippen molar-refractivity contribution in [2.75, 3.05) is 6.61 Å². The molecule has 7 heteroatoms. The zero-order valence-corrected chi connectivity index (χ0v) is 9.99. The number of nitrogens with zero attached hydrogens (tertiary/aromatic N) is 2. The average molecular weight is 253 g/mol. The molecular weight excluding hydrogens is 242 g/mol. The lowest BCUT2D eigenvalue weighted by Crippen LogP contribution is -2.23. The van der Waals surface area contributed by atoms with Crippen molar-refractivity contribution in [3.8, 4) is 10.8 Å². The first-order valence-corrected chi connectivity index (χ1v) is 5.94. The van der Waals surface area contributed by atoms with Gasteiger partial charge in [0.15, 0.2) is 0 Å². The summed E-state index contributed by atoms with van der Waals surface area (Å²) in [6.07, 6.45) is -0.497. The number of carbonyl (C=O) groups is 1. The normalized spacial score (nSPS) is 10.2. The standard InChI is InChI=1S/C10H11N3O3S/c1-2-15-10(14)11-6-8-12-13-9(16-8)7-4-3-5-17-7/h3-5H,2,6H2,1H3,(H,11,14). The second kappa shape index (κ2) is 5.44. The first-order valence-electron chi connectivity index (χ1n) is 5.06. The summed E-state index contributed by atoms with van der Waals surface area (Å²) >= 11 is 1.51. The molecule has 0 aromatic carbocycles. The molecule has 0 aliphatic rings. The van der Waals surface area contributed by atoms with Crippen LogP contribution in [0.15, 0.2) is 21.9 Å². The third-order valence-electron chi connectivity index (χ3n) is 1.86. The number of thiophene rings is 1. The fourth-order valence-corrected chi connectivity index (χ4v) is 1.80. The van der Waals surface area contributed by atoms with E-state index in [4.69, 9.17) is 9.15 Å². The van der Waals surface area contributed by atoms with E-state index in [1.165, 1.54) is 11.3 Å². The van der Waals surface area contributed by atoms with Crippen molar-refractivity contribution in [2.45, 2.75) is 13.5 Å². The molecule has 6 nitrogen and oxygen atoms in total. The highest BCUT2D eigenvalue weighted by Gasteiger charge is 2.10. The van der Waals surface area contributed by atoms with Gasteiger partial charge in [-0.15, -0.1) is 21.5 Å². The highest BCUT2D eigenvalue weighted by atomic mass is 32.1. The third kappa shape index (κ3) is 3.04. The Morgan fingerprint density at radius 3 is 3.18 bits per heavy atom. The molecule has 0 radical (unpaired) electrons. The SMILES string of the molecule is CCOC(=O)NCc1nnc(-c2cccs2)o1. The Kier molecular flexibility index (Phi) is 3.71. The van der Waals surface area contributed by atoms with E-state index in [2.05, 4.69) is 15.5 Å². The molecule has 0 unspecified atom stereocenters. The van der Waals surface area contributed by atoms with Crippen LogP contribution in [-0.4, -0.2) is 22.9 Å². The number of carbonyl (C=O) groups excluding carboxylic acids is 1. The van der Waals surface area contributed by atoms with Gasteiger partial charge in [-0.25, -0.2) is 4.79 Å². The molecule has 2 aromatic rings. The first kappa shape index (κ1) is 11.6. The van der Waals surface area contributed by atoms with Gasteiger partial charge < -0.3 is 14.5 Å². The maximum atomic E-state index is 11.0. The van der Waals surface area contributed by atoms with E-state index in [1.807, 2.05) is 17.5 Å². The molecule has 0 atom stereocenters. The minimum absolute atomic E-state index is 0.164. The number of alkyl carbamates (subject to hydrolysis) is 1. The van der Waals surface area contributed by atoms with E-state index in [1.54, 1.807) is 6.92 Å². The summed E-state index contributed by atoms with van der Waals surface area (Å²) in [6, 6.07) is 3.79. The number of hydrogen-bond acceptors (Lipinski definition) is 6. The van der Waals surface area contributed by atoms with E-state index >= 15 is 0 Å². The minimum Gasteiger partial charge on any atom is -0.450 e. The zero-order chi connectivity index (χ0) is 12.1. The summed E-state index contributed by atoms with van der Waals surface area (Å²) in [5.74, 6) is 0.808. The van der Waals surface area contributed by atoms with Crippen molar-refractivity contribution in [1.82, 2.24) is 15.5 Å². The second-order valence-electron chi connectivity index (χ2n) is 3.05. The van der Waals surface area contributed by atoms with Crippen LogP contribution < -0.4 is 5.32 Å². The second-order valence-corrected chi connectivity index (χ2v) is 4.00. The van der Waals surface area contributed by atoms with Crippen molar-refractivity contribution < 1.29 is 13.9 Å². The molecule has 0 bridgehead atoms. The van der Waals surface area contributed by atoms with Gasteiger partial charge in [-0.05, 0) is 18.4 Å². The van der Waals surface area contributed by atoms with Gasteiger partial charge in [0, 0.05) is 0 Å². The maximum Gasteiger partial charge on any atom is 0.407 e. The summed E-state index contributed by atoms with van der Waals surface area (Å²) in [5, 5.41) is 12.1. The number of nitrogens with one attached hydrogen (secondary N) is 1. The Balaban J connectivity index is 1.93. The van der Waals surface area contributed by atoms with Crippen molar-refractivity contribution in [2.24, 2.45) is 0 Å². The predicted molar refractivity (Wildman–Crippen MR) is 61.5 cm³/mol. The Morgan fingerprint density at radius 1 is 1.59 bits per heavy atom. The van der Waals surface area contributed by atoms with E-state index in [0.29, 0.717) is 18.4 Å². The third-order valence-corrected chi connectivity index (χ3v) is 2.72. The number of rotatable bonds is 4. The average Bonchev–Trinajstić information content (AvgIpc) is 2.97. The Hall–Kier alpha value is -1.89. The van der Waals surface area contributed by atoms with Crippen molar-refractivity contribution in [1.29, 1.82) is 0 Å². The molecule has 2 aromatic heterocycles. The smallest absolute Gasteiger partial charge is 0.407 e. The predicted octanol–water partition coefficient (Wildman–Crippen LogP) is 2.04. The van der Waals surface area contributed by atoms with Gasteiger partial charge in [0.05, 0.1) is 18.0 Å². The number of ether oxygens (including phenoxy) is 1. The Labute approximate surface area is 102 Å². The topological polar surface area (TPSA) is 77.2 Å². The maximum absolute atomic E-state index is 11.0. The lowest BCUT2D eigenvalue weighted by molar-refractivity contribution is 0.150. The van der Waals surface area contributed by atoms with Gasteiger partial charge in [-0.1, -0.05) is 6.07 Å². The molecule has 0 saturated heterocycles. The van der Waals surface area contributed by atoms with Gasteiger partial charge >= 0.3 is 6.09 Å². The van der Waals surface area contributed by atoms with Crippen LogP contribution in [-0.2, 0) is 11.3 Å². The van der Waals surface area contributed by atoms with Crippen LogP contribution in [0.4, 0.5) is 4.79 Å². The van der Waals surface area contributed by atoms with E-state index in [0.717, 1.165) is 4.88 Å². The van der Waals surface area contributed by atoms with E-state index in [-0.39, 0.29) is 6.54 Å². The monoisotopic (exact) mass is 253 g/mol. The molecule has 0 spiro atoms. The van der Waals surface area contributed by atoms with Crippen LogP contribution in [0.5, 0.6) is 0 Å². The first-order chi connectivity index (χ1) is 8.29. The summed E-state index contributed by atoms with van der Waals surface area (Å²) in [7, 11) is 0. The molecule has 2 rings (SSSR count). The Morgan fingerprint density at radius 2 is 2.47 bits per heavy atom. The molecule has 1 amide bonds. The molecule has 0 saturated carbocycles. The summed E-state index contributed by atoms with van der Waals surface area (Å²) in [4.78, 5) is 11.9. The van der Waals surface area contributed by atoms with Crippen LogP contribution in [0, 0.1) is 0 Å². The lowest BCUT2D eigenvalue weighted by Gasteiger charge is -2.01. The quantitative estimate of drug-likeness (QED) is 0.902. The van der Waals surface area contributed by atoms with E-state index in [9.17, 15) is 4.79 Å². The van der Waals surface area contributed by atoms with Crippen LogP contribution in [0.2, 0.25) is 0 Å². The van der Waals surface area contributed by atoms with Crippen LogP contribution >= 0.6 is 11.3 Å². The fraction of sp³-hybridized carbons (Fsp3) is 0.300. The molecule has 0 aliphatic heterocycles. The van der Waals surface area contributed by atoms with Gasteiger partial charge in [-0.2, -0.15) is 0 Å². The molecule has 90 valence electrons. The summed E-state index contributed by atoms with van der Waals surface area (Å²) < 4.78 is 10.1. The summed E-state index contributed by atoms with van der Waals surface area (Å²) in [5.41, 5.74) is 0. The molecule has 1 N–H and O–H groups in total. The molecule has 0 aliphatic carbocycles. The van der Waals surface area contributed by atoms with Crippen molar-refractivity contribution in [3.05, 3.63) is 23.4 Å². The minimum atomic E-state index is -0.497. The molecule has 17 heavy (non-hydrogen) atoms. The highest BCUT2D eigenvalue weighted by molar-refractivity contribution is 7.13. The van der Waals surface area contributed by atoms with Crippen LogP contribution in [0.3, 0.4) is 0 Å². The Bertz CT molecular complexity index is 481. The molecule has 0 fully saturated rings. The fourth-order valence-electron chi connectivity index (χ4n) is 1.15. The lowest BCUT2D eigenvalue weighted by atomic mass is 10.5. The largest absolute Gasteiger partial charge is 0.450 e. The molecular formula is C10H11N3O3S. The van der Waals surface area contributed by atoms with Gasteiger partial charge in [0.2, 0.25) is 5.89 Å². The zero-order valence-electron chi connectivity index (χ0n) is 9.17. The highest BCUT2D eigenvalue weighted by Crippen LogP contribution is 2.22. The molecule has 2 heterocycles. The van der Waals surface area contributed by atoms with Crippen LogP contribution in [0.25, 0.3) is 10.8 Å². The van der Waals surface area contributed by atoms with E-state index < -0.39 is 6.09 Å². The summed E-state index contributed by atoms with van der Waals surface area (Å²) in [6.45, 7) is 2.23. The number of hydrogen-bond donors (Lipinski definition) is 1. The number of amides is 1. The van der Waals surface area contributed by atoms with Crippen molar-refractivity contribution in [3.63, 3.8) is 0 Å². The number of aromatic nitrogens is 2.